The van der Waals surface area contributed by atoms with Crippen molar-refractivity contribution in [1.82, 2.24) is 10.3 Å². The minimum atomic E-state index is -0.181. The molecule has 2 N–H and O–H groups in total. The largest absolute Gasteiger partial charge is 0.352 e. The van der Waals surface area contributed by atoms with E-state index in [2.05, 4.69) is 39.9 Å². The van der Waals surface area contributed by atoms with Gasteiger partial charge in [0, 0.05) is 29.5 Å². The molecule has 0 saturated heterocycles. The van der Waals surface area contributed by atoms with Crippen molar-refractivity contribution in [3.05, 3.63) is 83.2 Å². The van der Waals surface area contributed by atoms with Crippen LogP contribution in [0.3, 0.4) is 0 Å². The number of aryl methyl sites for hydroxylation is 1. The molecule has 0 saturated carbocycles. The normalized spacial score (nSPS) is 10.7. The number of rotatable bonds is 6. The number of thiazole rings is 1. The number of anilines is 1. The second kappa shape index (κ2) is 8.88. The van der Waals surface area contributed by atoms with E-state index in [1.54, 1.807) is 6.07 Å². The van der Waals surface area contributed by atoms with Crippen LogP contribution in [-0.4, -0.2) is 23.3 Å². The zero-order valence-electron chi connectivity index (χ0n) is 16.5. The molecule has 6 heteroatoms. The topological polar surface area (TPSA) is 71.1 Å². The minimum Gasteiger partial charge on any atom is -0.352 e. The molecule has 5 nitrogen and oxygen atoms in total. The van der Waals surface area contributed by atoms with E-state index >= 15 is 0 Å². The number of nitrogens with one attached hydrogen (secondary N) is 2. The summed E-state index contributed by atoms with van der Waals surface area (Å²) in [5.41, 5.74) is 3.37. The monoisotopic (exact) mass is 415 g/mol. The van der Waals surface area contributed by atoms with Crippen molar-refractivity contribution in [2.24, 2.45) is 0 Å². The van der Waals surface area contributed by atoms with Crippen molar-refractivity contribution in [1.29, 1.82) is 0 Å². The first kappa shape index (κ1) is 19.8. The van der Waals surface area contributed by atoms with E-state index in [9.17, 15) is 9.59 Å². The summed E-state index contributed by atoms with van der Waals surface area (Å²) in [5, 5.41) is 10.4. The predicted octanol–water partition coefficient (Wildman–Crippen LogP) is 5.03. The third-order valence-corrected chi connectivity index (χ3v) is 5.58. The summed E-state index contributed by atoms with van der Waals surface area (Å²) in [7, 11) is 0. The fourth-order valence-electron chi connectivity index (χ4n) is 3.21. The lowest BCUT2D eigenvalue weighted by molar-refractivity contribution is -0.116. The van der Waals surface area contributed by atoms with Gasteiger partial charge in [-0.25, -0.2) is 4.98 Å². The van der Waals surface area contributed by atoms with E-state index < -0.39 is 0 Å². The number of hydrogen-bond acceptors (Lipinski definition) is 4. The van der Waals surface area contributed by atoms with E-state index in [-0.39, 0.29) is 24.8 Å². The Balaban J connectivity index is 1.32. The molecule has 150 valence electrons. The molecular formula is C24H21N3O2S. The summed E-state index contributed by atoms with van der Waals surface area (Å²) in [6, 6.07) is 21.7. The Labute approximate surface area is 178 Å². The van der Waals surface area contributed by atoms with Crippen LogP contribution in [0.15, 0.2) is 72.1 Å². The van der Waals surface area contributed by atoms with Gasteiger partial charge in [-0.3, -0.25) is 9.59 Å². The molecule has 1 heterocycles. The molecule has 0 bridgehead atoms. The Kier molecular flexibility index (Phi) is 5.86. The number of carbonyl (C=O) groups excluding carboxylic acids is 2. The zero-order valence-corrected chi connectivity index (χ0v) is 17.3. The maximum absolute atomic E-state index is 12.2. The van der Waals surface area contributed by atoms with Gasteiger partial charge in [0.05, 0.1) is 5.69 Å². The highest BCUT2D eigenvalue weighted by Gasteiger charge is 2.11. The smallest absolute Gasteiger partial charge is 0.251 e. The van der Waals surface area contributed by atoms with Crippen molar-refractivity contribution >= 4 is 39.1 Å². The molecular weight excluding hydrogens is 394 g/mol. The Morgan fingerprint density at radius 1 is 0.967 bits per heavy atom. The lowest BCUT2D eigenvalue weighted by atomic mass is 10.1. The van der Waals surface area contributed by atoms with Crippen LogP contribution in [0, 0.1) is 6.92 Å². The summed E-state index contributed by atoms with van der Waals surface area (Å²) in [5.74, 6) is -0.353. The molecule has 0 aliphatic rings. The summed E-state index contributed by atoms with van der Waals surface area (Å²) in [6.07, 6.45) is 0.183. The predicted molar refractivity (Wildman–Crippen MR) is 122 cm³/mol. The Hall–Kier alpha value is -3.51. The van der Waals surface area contributed by atoms with Crippen LogP contribution in [0.5, 0.6) is 0 Å². The highest BCUT2D eigenvalue weighted by Crippen LogP contribution is 2.27. The third-order valence-electron chi connectivity index (χ3n) is 4.82. The zero-order chi connectivity index (χ0) is 20.9. The molecule has 0 unspecified atom stereocenters. The van der Waals surface area contributed by atoms with Crippen LogP contribution in [-0.2, 0) is 4.79 Å². The summed E-state index contributed by atoms with van der Waals surface area (Å²) in [6.45, 7) is 2.15. The molecule has 1 aromatic heterocycles. The van der Waals surface area contributed by atoms with Crippen LogP contribution >= 0.6 is 11.3 Å². The van der Waals surface area contributed by atoms with E-state index in [0.29, 0.717) is 10.7 Å². The number of amides is 2. The van der Waals surface area contributed by atoms with Crippen molar-refractivity contribution in [2.75, 3.05) is 11.9 Å². The lowest BCUT2D eigenvalue weighted by Crippen LogP contribution is -2.28. The van der Waals surface area contributed by atoms with Gasteiger partial charge in [0.2, 0.25) is 5.91 Å². The third kappa shape index (κ3) is 4.55. The van der Waals surface area contributed by atoms with Crippen LogP contribution in [0.1, 0.15) is 22.3 Å². The van der Waals surface area contributed by atoms with Gasteiger partial charge in [0.15, 0.2) is 5.13 Å². The molecule has 0 aliphatic carbocycles. The van der Waals surface area contributed by atoms with Gasteiger partial charge in [-0.1, -0.05) is 54.6 Å². The standard InChI is InChI=1S/C24H21N3O2S/c1-16-6-2-5-9-20(16)23(29)25-13-12-22(28)27-24-26-21(15-30-24)19-11-10-17-7-3-4-8-18(17)14-19/h2-11,14-15H,12-13H2,1H3,(H,25,29)(H,26,27,28). The van der Waals surface area contributed by atoms with E-state index in [0.717, 1.165) is 22.2 Å². The molecule has 0 fully saturated rings. The first-order valence-electron chi connectivity index (χ1n) is 9.68. The second-order valence-electron chi connectivity index (χ2n) is 6.97. The van der Waals surface area contributed by atoms with Gasteiger partial charge in [0.1, 0.15) is 0 Å². The molecule has 30 heavy (non-hydrogen) atoms. The lowest BCUT2D eigenvalue weighted by Gasteiger charge is -2.07. The molecule has 0 aliphatic heterocycles. The number of benzene rings is 3. The molecule has 3 aromatic carbocycles. The van der Waals surface area contributed by atoms with Gasteiger partial charge in [-0.05, 0) is 35.4 Å². The first-order valence-corrected chi connectivity index (χ1v) is 10.6. The van der Waals surface area contributed by atoms with Crippen LogP contribution in [0.4, 0.5) is 5.13 Å². The van der Waals surface area contributed by atoms with Crippen molar-refractivity contribution in [3.8, 4) is 11.3 Å². The fraction of sp³-hybridized carbons (Fsp3) is 0.125. The van der Waals surface area contributed by atoms with Gasteiger partial charge >= 0.3 is 0 Å². The molecule has 0 spiro atoms. The van der Waals surface area contributed by atoms with Crippen molar-refractivity contribution in [3.63, 3.8) is 0 Å². The number of nitrogens with zero attached hydrogens (tertiary/aromatic N) is 1. The van der Waals surface area contributed by atoms with Crippen LogP contribution < -0.4 is 10.6 Å². The molecule has 0 atom stereocenters. The Morgan fingerprint density at radius 3 is 2.57 bits per heavy atom. The summed E-state index contributed by atoms with van der Waals surface area (Å²) < 4.78 is 0. The molecule has 4 rings (SSSR count). The van der Waals surface area contributed by atoms with Gasteiger partial charge < -0.3 is 10.6 Å². The molecule has 0 radical (unpaired) electrons. The molecule has 2 amide bonds. The SMILES string of the molecule is Cc1ccccc1C(=O)NCCC(=O)Nc1nc(-c2ccc3ccccc3c2)cs1. The summed E-state index contributed by atoms with van der Waals surface area (Å²) in [4.78, 5) is 29.0. The van der Waals surface area contributed by atoms with E-state index in [1.807, 2.05) is 48.7 Å². The minimum absolute atomic E-state index is 0.172. The second-order valence-corrected chi connectivity index (χ2v) is 7.83. The highest BCUT2D eigenvalue weighted by molar-refractivity contribution is 7.14. The Morgan fingerprint density at radius 2 is 1.73 bits per heavy atom. The van der Waals surface area contributed by atoms with Gasteiger partial charge in [-0.15, -0.1) is 11.3 Å². The Bertz CT molecular complexity index is 1220. The van der Waals surface area contributed by atoms with Crippen LogP contribution in [0.2, 0.25) is 0 Å². The van der Waals surface area contributed by atoms with Crippen LogP contribution in [0.25, 0.3) is 22.0 Å². The summed E-state index contributed by atoms with van der Waals surface area (Å²) >= 11 is 1.39. The number of hydrogen-bond donors (Lipinski definition) is 2. The number of fused-ring (bicyclic) bond motifs is 1. The van der Waals surface area contributed by atoms with Gasteiger partial charge in [0.25, 0.3) is 5.91 Å². The van der Waals surface area contributed by atoms with Crippen molar-refractivity contribution in [2.45, 2.75) is 13.3 Å². The fourth-order valence-corrected chi connectivity index (χ4v) is 3.94. The average molecular weight is 416 g/mol. The average Bonchev–Trinajstić information content (AvgIpc) is 3.22. The maximum Gasteiger partial charge on any atom is 0.251 e. The highest BCUT2D eigenvalue weighted by atomic mass is 32.1. The van der Waals surface area contributed by atoms with Gasteiger partial charge in [-0.2, -0.15) is 0 Å². The first-order chi connectivity index (χ1) is 14.6. The number of aromatic nitrogens is 1. The number of carbonyl (C=O) groups is 2. The quantitative estimate of drug-likeness (QED) is 0.464. The van der Waals surface area contributed by atoms with E-state index in [1.165, 1.54) is 16.7 Å². The van der Waals surface area contributed by atoms with E-state index in [4.69, 9.17) is 0 Å². The maximum atomic E-state index is 12.2. The molecule has 4 aromatic rings. The van der Waals surface area contributed by atoms with Crippen molar-refractivity contribution < 1.29 is 9.59 Å².